The quantitative estimate of drug-likeness (QED) is 0.689. The normalized spacial score (nSPS) is 39.4. The highest BCUT2D eigenvalue weighted by molar-refractivity contribution is 6.06. The number of hydrogen-bond acceptors (Lipinski definition) is 3. The lowest BCUT2D eigenvalue weighted by molar-refractivity contribution is -0.139. The van der Waals surface area contributed by atoms with Crippen molar-refractivity contribution >= 4 is 17.5 Å². The molecule has 6 atom stereocenters. The van der Waals surface area contributed by atoms with Crippen LogP contribution in [0.2, 0.25) is 0 Å². The molecule has 1 aromatic rings. The summed E-state index contributed by atoms with van der Waals surface area (Å²) in [6, 6.07) is 8.00. The Labute approximate surface area is 135 Å². The number of hydrogen-bond donors (Lipinski definition) is 1. The molecule has 0 unspecified atom stereocenters. The van der Waals surface area contributed by atoms with E-state index in [9.17, 15) is 9.59 Å². The van der Waals surface area contributed by atoms with Gasteiger partial charge in [0, 0.05) is 5.69 Å². The Kier molecular flexibility index (Phi) is 2.59. The lowest BCUT2D eigenvalue weighted by Crippen LogP contribution is -2.40. The van der Waals surface area contributed by atoms with Crippen molar-refractivity contribution in [2.75, 3.05) is 12.0 Å². The van der Waals surface area contributed by atoms with Crippen molar-refractivity contribution in [3.05, 3.63) is 42.0 Å². The smallest absolute Gasteiger partial charge is 0.235 e. The molecule has 2 saturated carbocycles. The van der Waals surface area contributed by atoms with Gasteiger partial charge in [0.25, 0.3) is 0 Å². The highest BCUT2D eigenvalue weighted by Gasteiger charge is 2.66. The fourth-order valence-electron chi connectivity index (χ4n) is 5.02. The van der Waals surface area contributed by atoms with Gasteiger partial charge in [-0.05, 0) is 49.1 Å². The van der Waals surface area contributed by atoms with Crippen LogP contribution in [-0.2, 0) is 9.59 Å². The number of amides is 2. The van der Waals surface area contributed by atoms with E-state index < -0.39 is 0 Å². The van der Waals surface area contributed by atoms with Crippen LogP contribution in [0.5, 0.6) is 0 Å². The van der Waals surface area contributed by atoms with Crippen LogP contribution in [0, 0.1) is 42.4 Å². The van der Waals surface area contributed by atoms with Crippen LogP contribution >= 0.6 is 0 Å². The number of allylic oxidation sites excluding steroid dienone is 2. The molecule has 4 aliphatic carbocycles. The second-order valence-electron chi connectivity index (χ2n) is 7.46. The number of carbonyl (C=O) groups excluding carboxylic acids is 2. The minimum atomic E-state index is -0.0962. The van der Waals surface area contributed by atoms with E-state index in [1.807, 2.05) is 31.2 Å². The Morgan fingerprint density at radius 3 is 2.13 bits per heavy atom. The summed E-state index contributed by atoms with van der Waals surface area (Å²) in [6.07, 6.45) is 5.63. The van der Waals surface area contributed by atoms with Crippen LogP contribution in [0.15, 0.2) is 36.4 Å². The molecule has 1 heterocycles. The molecule has 2 amide bonds. The average Bonchev–Trinajstić information content (AvgIpc) is 3.33. The molecule has 3 fully saturated rings. The number of nitrogens with zero attached hydrogens (tertiary/aromatic N) is 1. The van der Waals surface area contributed by atoms with Gasteiger partial charge in [-0.25, -0.2) is 0 Å². The first-order valence-electron chi connectivity index (χ1n) is 8.49. The first-order valence-corrected chi connectivity index (χ1v) is 8.49. The molecule has 1 aromatic carbocycles. The number of nitrogens with one attached hydrogen (secondary N) is 1. The summed E-state index contributed by atoms with van der Waals surface area (Å²) >= 11 is 0. The number of imide groups is 1. The van der Waals surface area contributed by atoms with E-state index >= 15 is 0 Å². The molecule has 0 radical (unpaired) electrons. The predicted octanol–water partition coefficient (Wildman–Crippen LogP) is 2.42. The van der Waals surface area contributed by atoms with Crippen molar-refractivity contribution in [2.24, 2.45) is 35.5 Å². The molecule has 4 heteroatoms. The molecule has 0 spiro atoms. The molecular weight excluding hydrogens is 288 g/mol. The molecule has 4 nitrogen and oxygen atoms in total. The van der Waals surface area contributed by atoms with Crippen molar-refractivity contribution in [1.29, 1.82) is 0 Å². The van der Waals surface area contributed by atoms with Crippen LogP contribution in [0.4, 0.5) is 5.69 Å². The lowest BCUT2D eigenvalue weighted by atomic mass is 9.63. The third kappa shape index (κ3) is 1.78. The summed E-state index contributed by atoms with van der Waals surface area (Å²) in [5.74, 6) is 1.79. The van der Waals surface area contributed by atoms with E-state index in [0.717, 1.165) is 5.69 Å². The van der Waals surface area contributed by atoms with Crippen molar-refractivity contribution in [3.63, 3.8) is 0 Å². The highest BCUT2D eigenvalue weighted by Crippen LogP contribution is 2.65. The first-order chi connectivity index (χ1) is 11.1. The topological polar surface area (TPSA) is 49.4 Å². The van der Waals surface area contributed by atoms with Gasteiger partial charge in [0.2, 0.25) is 11.8 Å². The van der Waals surface area contributed by atoms with E-state index in [2.05, 4.69) is 17.5 Å². The summed E-state index contributed by atoms with van der Waals surface area (Å²) in [7, 11) is 0. The number of likely N-dealkylation sites (tertiary alicyclic amines) is 1. The van der Waals surface area contributed by atoms with Gasteiger partial charge >= 0.3 is 0 Å². The zero-order valence-electron chi connectivity index (χ0n) is 13.1. The molecule has 1 aliphatic heterocycles. The zero-order chi connectivity index (χ0) is 15.7. The summed E-state index contributed by atoms with van der Waals surface area (Å²) < 4.78 is 0. The number of rotatable bonds is 3. The lowest BCUT2D eigenvalue weighted by Gasteiger charge is -2.37. The summed E-state index contributed by atoms with van der Waals surface area (Å²) in [5, 5.41) is 3.22. The first kappa shape index (κ1) is 13.3. The fraction of sp³-hybridized carbons (Fsp3) is 0.474. The maximum Gasteiger partial charge on any atom is 0.235 e. The van der Waals surface area contributed by atoms with Crippen LogP contribution in [0.25, 0.3) is 0 Å². The number of anilines is 1. The monoisotopic (exact) mass is 308 g/mol. The minimum Gasteiger partial charge on any atom is -0.367 e. The summed E-state index contributed by atoms with van der Waals surface area (Å²) in [6.45, 7) is 2.32. The molecular formula is C19H20N2O2. The van der Waals surface area contributed by atoms with Gasteiger partial charge in [0.1, 0.15) is 0 Å². The molecule has 6 rings (SSSR count). The van der Waals surface area contributed by atoms with Crippen molar-refractivity contribution < 1.29 is 9.59 Å². The number of carbonyl (C=O) groups is 2. The van der Waals surface area contributed by atoms with Gasteiger partial charge in [0.05, 0.1) is 18.5 Å². The van der Waals surface area contributed by atoms with Crippen molar-refractivity contribution in [2.45, 2.75) is 13.3 Å². The van der Waals surface area contributed by atoms with Crippen LogP contribution < -0.4 is 5.32 Å². The summed E-state index contributed by atoms with van der Waals surface area (Å²) in [5.41, 5.74) is 2.13. The van der Waals surface area contributed by atoms with Gasteiger partial charge in [-0.2, -0.15) is 0 Å². The number of aryl methyl sites for hydroxylation is 1. The molecule has 1 saturated heterocycles. The standard InChI is InChI=1S/C19H20N2O2/c1-10-2-4-11(5-3-10)20-9-21-18(22)16-12-6-7-13(15-8-14(12)15)17(16)19(21)23/h2-7,12-17,20H,8-9H2,1H3/t12-,13+,14-,15-,16+,17+/m1/s1. The van der Waals surface area contributed by atoms with Gasteiger partial charge in [-0.1, -0.05) is 29.8 Å². The highest BCUT2D eigenvalue weighted by atomic mass is 16.2. The van der Waals surface area contributed by atoms with E-state index in [-0.39, 0.29) is 30.3 Å². The Hall–Kier alpha value is -2.10. The van der Waals surface area contributed by atoms with Crippen molar-refractivity contribution in [3.8, 4) is 0 Å². The molecule has 5 aliphatic rings. The maximum absolute atomic E-state index is 12.8. The Morgan fingerprint density at radius 2 is 1.57 bits per heavy atom. The van der Waals surface area contributed by atoms with Crippen LogP contribution in [-0.4, -0.2) is 23.4 Å². The Balaban J connectivity index is 1.36. The van der Waals surface area contributed by atoms with Gasteiger partial charge < -0.3 is 5.32 Å². The SMILES string of the molecule is Cc1ccc(NCN2C(=O)[C@H]3[C@@H]4C=C[C@@H]([C@H]5C[C@H]45)[C@@H]3C2=O)cc1. The van der Waals surface area contributed by atoms with E-state index in [1.54, 1.807) is 0 Å². The predicted molar refractivity (Wildman–Crippen MR) is 86.2 cm³/mol. The molecule has 1 N–H and O–H groups in total. The largest absolute Gasteiger partial charge is 0.367 e. The van der Waals surface area contributed by atoms with Crippen molar-refractivity contribution in [1.82, 2.24) is 4.90 Å². The molecule has 23 heavy (non-hydrogen) atoms. The zero-order valence-corrected chi connectivity index (χ0v) is 13.1. The summed E-state index contributed by atoms with van der Waals surface area (Å²) in [4.78, 5) is 27.1. The molecule has 0 aromatic heterocycles. The second-order valence-corrected chi connectivity index (χ2v) is 7.46. The van der Waals surface area contributed by atoms with E-state index in [1.165, 1.54) is 16.9 Å². The van der Waals surface area contributed by atoms with E-state index in [0.29, 0.717) is 23.7 Å². The third-order valence-corrected chi connectivity index (χ3v) is 6.25. The Bertz CT molecular complexity index is 687. The molecule has 2 bridgehead atoms. The minimum absolute atomic E-state index is 0.0318. The van der Waals surface area contributed by atoms with Gasteiger partial charge in [-0.15, -0.1) is 0 Å². The van der Waals surface area contributed by atoms with E-state index in [4.69, 9.17) is 0 Å². The Morgan fingerprint density at radius 1 is 1.00 bits per heavy atom. The van der Waals surface area contributed by atoms with Crippen LogP contribution in [0.1, 0.15) is 12.0 Å². The number of benzene rings is 1. The fourth-order valence-corrected chi connectivity index (χ4v) is 5.02. The van der Waals surface area contributed by atoms with Crippen LogP contribution in [0.3, 0.4) is 0 Å². The second kappa shape index (κ2) is 4.47. The molecule has 118 valence electrons. The third-order valence-electron chi connectivity index (χ3n) is 6.25. The average molecular weight is 308 g/mol. The van der Waals surface area contributed by atoms with Gasteiger partial charge in [-0.3, -0.25) is 14.5 Å². The maximum atomic E-state index is 12.8. The van der Waals surface area contributed by atoms with Gasteiger partial charge in [0.15, 0.2) is 0 Å².